The zero-order valence-corrected chi connectivity index (χ0v) is 35.5. The fourth-order valence-corrected chi connectivity index (χ4v) is 7.10. The molecule has 60 heavy (non-hydrogen) atoms. The number of hydrogen-bond acceptors (Lipinski definition) is 14. The van der Waals surface area contributed by atoms with Crippen LogP contribution in [0.3, 0.4) is 0 Å². The van der Waals surface area contributed by atoms with Crippen molar-refractivity contribution in [2.24, 2.45) is 0 Å². The number of carbonyl (C=O) groups is 4. The molecule has 3 amide bonds. The molecule has 17 heteroatoms. The SMILES string of the molecule is C#Cc1cccc2nc(N(C(=O)OC(C)(C)C)C(=O)OC(C)(C)C)cc(-c3ncc4c(N5C[C@H]6CC[C@@H](C5)N6C(=O)OC(C)(C)C)nc(OCC(=O)OCC)nc4c3F)c12. The number of imide groups is 1. The Morgan fingerprint density at radius 3 is 2.08 bits per heavy atom. The van der Waals surface area contributed by atoms with Crippen LogP contribution in [0.5, 0.6) is 6.01 Å². The van der Waals surface area contributed by atoms with E-state index in [-0.39, 0.29) is 64.0 Å². The third-order valence-corrected chi connectivity index (χ3v) is 9.27. The van der Waals surface area contributed by atoms with Crippen LogP contribution in [-0.2, 0) is 23.7 Å². The highest BCUT2D eigenvalue weighted by molar-refractivity contribution is 6.11. The largest absolute Gasteiger partial charge is 0.463 e. The third kappa shape index (κ3) is 9.43. The minimum atomic E-state index is -1.09. The lowest BCUT2D eigenvalue weighted by atomic mass is 9.99. The van der Waals surface area contributed by atoms with Gasteiger partial charge >= 0.3 is 30.3 Å². The number of amides is 3. The van der Waals surface area contributed by atoms with Gasteiger partial charge in [-0.05, 0) is 100 Å². The van der Waals surface area contributed by atoms with E-state index in [2.05, 4.69) is 25.9 Å². The van der Waals surface area contributed by atoms with Gasteiger partial charge in [-0.25, -0.2) is 28.6 Å². The van der Waals surface area contributed by atoms with E-state index in [1.807, 2.05) is 25.7 Å². The van der Waals surface area contributed by atoms with E-state index >= 15 is 4.39 Å². The molecule has 0 unspecified atom stereocenters. The highest BCUT2D eigenvalue weighted by atomic mass is 19.1. The van der Waals surface area contributed by atoms with Gasteiger partial charge in [-0.15, -0.1) is 6.42 Å². The molecule has 5 heterocycles. The minimum Gasteiger partial charge on any atom is -0.463 e. The fourth-order valence-electron chi connectivity index (χ4n) is 7.10. The van der Waals surface area contributed by atoms with Crippen LogP contribution < -0.4 is 14.5 Å². The maximum absolute atomic E-state index is 17.5. The number of terminal acetylenes is 1. The Bertz CT molecular complexity index is 2360. The van der Waals surface area contributed by atoms with Crippen LogP contribution in [0.4, 0.5) is 30.4 Å². The van der Waals surface area contributed by atoms with Crippen LogP contribution >= 0.6 is 0 Å². The molecule has 6 rings (SSSR count). The zero-order chi connectivity index (χ0) is 43.9. The average Bonchev–Trinajstić information content (AvgIpc) is 3.40. The highest BCUT2D eigenvalue weighted by Gasteiger charge is 2.45. The van der Waals surface area contributed by atoms with Crippen molar-refractivity contribution in [2.45, 2.75) is 111 Å². The second-order valence-electron chi connectivity index (χ2n) is 17.5. The first kappa shape index (κ1) is 43.3. The summed E-state index contributed by atoms with van der Waals surface area (Å²) in [4.78, 5) is 75.6. The number of carbonyl (C=O) groups excluding carboxylic acids is 4. The number of benzene rings is 1. The Hall–Kier alpha value is -6.31. The van der Waals surface area contributed by atoms with Crippen molar-refractivity contribution in [3.05, 3.63) is 41.8 Å². The van der Waals surface area contributed by atoms with Crippen molar-refractivity contribution >= 4 is 57.7 Å². The van der Waals surface area contributed by atoms with Crippen molar-refractivity contribution in [3.63, 3.8) is 0 Å². The number of piperazine rings is 1. The molecule has 0 N–H and O–H groups in total. The van der Waals surface area contributed by atoms with Crippen molar-refractivity contribution in [1.29, 1.82) is 0 Å². The number of rotatable bonds is 7. The average molecular weight is 828 g/mol. The van der Waals surface area contributed by atoms with E-state index < -0.39 is 53.5 Å². The number of esters is 1. The standard InChI is InChI=1S/C43H50FN7O9/c1-12-24-15-14-16-29-32(24)27(19-30(46-29)51(39(54)59-42(6,7)8)40(55)60-43(9,10)11)34-33(44)35-28(20-45-34)36(48-37(47-35)57-23-31(52)56-13-2)49-21-25-17-18-26(22-49)50(25)38(53)58-41(3,4)5/h1,14-16,19-20,25-26H,13,17-18,21-23H2,2-11H3/t25-,26+. The summed E-state index contributed by atoms with van der Waals surface area (Å²) in [5.74, 6) is 1.01. The summed E-state index contributed by atoms with van der Waals surface area (Å²) in [6.07, 6.45) is 6.20. The number of hydrogen-bond donors (Lipinski definition) is 0. The Labute approximate surface area is 347 Å². The lowest BCUT2D eigenvalue weighted by Gasteiger charge is -2.42. The van der Waals surface area contributed by atoms with Gasteiger partial charge in [0.05, 0.1) is 29.6 Å². The summed E-state index contributed by atoms with van der Waals surface area (Å²) in [5.41, 5.74) is -2.61. The van der Waals surface area contributed by atoms with Gasteiger partial charge in [0.25, 0.3) is 0 Å². The Morgan fingerprint density at radius 2 is 1.52 bits per heavy atom. The van der Waals surface area contributed by atoms with Crippen LogP contribution in [0.15, 0.2) is 30.5 Å². The van der Waals surface area contributed by atoms with Gasteiger partial charge in [-0.2, -0.15) is 14.9 Å². The number of nitrogens with zero attached hydrogens (tertiary/aromatic N) is 7. The number of fused-ring (bicyclic) bond motifs is 4. The number of pyridine rings is 2. The summed E-state index contributed by atoms with van der Waals surface area (Å²) in [6.45, 7) is 17.1. The molecule has 0 spiro atoms. The molecule has 4 aromatic rings. The summed E-state index contributed by atoms with van der Waals surface area (Å²) in [7, 11) is 0. The highest BCUT2D eigenvalue weighted by Crippen LogP contribution is 2.40. The summed E-state index contributed by atoms with van der Waals surface area (Å²) >= 11 is 0. The second-order valence-corrected chi connectivity index (χ2v) is 17.5. The monoisotopic (exact) mass is 827 g/mol. The van der Waals surface area contributed by atoms with E-state index in [1.54, 1.807) is 71.6 Å². The molecule has 0 saturated carbocycles. The normalized spacial score (nSPS) is 16.6. The topological polar surface area (TPSA) is 176 Å². The molecule has 1 aromatic carbocycles. The summed E-state index contributed by atoms with van der Waals surface area (Å²) < 4.78 is 45.1. The van der Waals surface area contributed by atoms with Gasteiger partial charge in [0.15, 0.2) is 12.4 Å². The molecule has 2 fully saturated rings. The minimum absolute atomic E-state index is 0.0678. The first-order chi connectivity index (χ1) is 28.1. The predicted molar refractivity (Wildman–Crippen MR) is 220 cm³/mol. The van der Waals surface area contributed by atoms with E-state index in [4.69, 9.17) is 30.1 Å². The van der Waals surface area contributed by atoms with Gasteiger partial charge in [0.2, 0.25) is 0 Å². The van der Waals surface area contributed by atoms with Crippen molar-refractivity contribution in [3.8, 4) is 29.6 Å². The molecular formula is C43H50FN7O9. The van der Waals surface area contributed by atoms with E-state index in [0.29, 0.717) is 41.8 Å². The van der Waals surface area contributed by atoms with Crippen LogP contribution in [0.2, 0.25) is 0 Å². The van der Waals surface area contributed by atoms with Crippen LogP contribution in [0, 0.1) is 18.2 Å². The van der Waals surface area contributed by atoms with Gasteiger partial charge in [0, 0.05) is 35.8 Å². The fraction of sp³-hybridized carbons (Fsp3) is 0.488. The number of anilines is 2. The number of ether oxygens (including phenoxy) is 5. The number of halogens is 1. The molecule has 2 aliphatic rings. The lowest BCUT2D eigenvalue weighted by molar-refractivity contribution is -0.145. The van der Waals surface area contributed by atoms with E-state index in [1.165, 1.54) is 12.3 Å². The molecule has 318 valence electrons. The van der Waals surface area contributed by atoms with Crippen LogP contribution in [0.25, 0.3) is 33.1 Å². The summed E-state index contributed by atoms with van der Waals surface area (Å²) in [6, 6.07) is 5.40. The van der Waals surface area contributed by atoms with E-state index in [0.717, 1.165) is 0 Å². The summed E-state index contributed by atoms with van der Waals surface area (Å²) in [5, 5.41) is 0.510. The number of aromatic nitrogens is 4. The Morgan fingerprint density at radius 1 is 0.900 bits per heavy atom. The van der Waals surface area contributed by atoms with Crippen LogP contribution in [-0.4, -0.2) is 104 Å². The molecule has 2 saturated heterocycles. The van der Waals surface area contributed by atoms with Gasteiger partial charge in [-0.3, -0.25) is 9.88 Å². The van der Waals surface area contributed by atoms with Gasteiger partial charge in [-0.1, -0.05) is 12.0 Å². The molecule has 3 aromatic heterocycles. The molecule has 0 aliphatic carbocycles. The lowest BCUT2D eigenvalue weighted by Crippen LogP contribution is -2.57. The van der Waals surface area contributed by atoms with Gasteiger partial charge < -0.3 is 28.6 Å². The molecule has 0 radical (unpaired) electrons. The third-order valence-electron chi connectivity index (χ3n) is 9.27. The Kier molecular flexibility index (Phi) is 11.8. The smallest absolute Gasteiger partial charge is 0.425 e. The molecular weight excluding hydrogens is 778 g/mol. The van der Waals surface area contributed by atoms with Crippen molar-refractivity contribution < 1.29 is 47.3 Å². The second kappa shape index (κ2) is 16.4. The molecule has 2 atom stereocenters. The molecule has 2 aliphatic heterocycles. The van der Waals surface area contributed by atoms with Crippen molar-refractivity contribution in [1.82, 2.24) is 24.8 Å². The molecule has 2 bridgehead atoms. The first-order valence-corrected chi connectivity index (χ1v) is 19.6. The zero-order valence-electron chi connectivity index (χ0n) is 35.5. The molecule has 16 nitrogen and oxygen atoms in total. The maximum atomic E-state index is 17.5. The Balaban J connectivity index is 1.53. The van der Waals surface area contributed by atoms with Crippen LogP contribution in [0.1, 0.15) is 87.6 Å². The first-order valence-electron chi connectivity index (χ1n) is 19.6. The van der Waals surface area contributed by atoms with E-state index in [9.17, 15) is 19.2 Å². The van der Waals surface area contributed by atoms with Gasteiger partial charge in [0.1, 0.15) is 39.6 Å². The predicted octanol–water partition coefficient (Wildman–Crippen LogP) is 7.57. The maximum Gasteiger partial charge on any atom is 0.425 e. The van der Waals surface area contributed by atoms with Crippen molar-refractivity contribution in [2.75, 3.05) is 36.1 Å². The quantitative estimate of drug-likeness (QED) is 0.101.